The molecule has 1 amide bonds. The number of fused-ring (bicyclic) bond motifs is 1. The van der Waals surface area contributed by atoms with E-state index in [2.05, 4.69) is 10.3 Å². The Kier molecular flexibility index (Phi) is 4.02. The van der Waals surface area contributed by atoms with Crippen molar-refractivity contribution in [3.05, 3.63) is 41.0 Å². The van der Waals surface area contributed by atoms with Crippen molar-refractivity contribution < 1.29 is 19.0 Å². The summed E-state index contributed by atoms with van der Waals surface area (Å²) in [6.07, 6.45) is 1.51. The Morgan fingerprint density at radius 3 is 2.86 bits per heavy atom. The number of hydrogen-bond acceptors (Lipinski definition) is 5. The van der Waals surface area contributed by atoms with Gasteiger partial charge in [0.25, 0.3) is 5.91 Å². The van der Waals surface area contributed by atoms with Crippen molar-refractivity contribution in [1.29, 1.82) is 0 Å². The molecule has 0 aliphatic carbocycles. The molecule has 1 aliphatic heterocycles. The van der Waals surface area contributed by atoms with Gasteiger partial charge in [0, 0.05) is 11.6 Å². The van der Waals surface area contributed by atoms with Gasteiger partial charge in [0.15, 0.2) is 11.5 Å². The highest BCUT2D eigenvalue weighted by Gasteiger charge is 2.19. The predicted molar refractivity (Wildman–Crippen MR) is 81.2 cm³/mol. The summed E-state index contributed by atoms with van der Waals surface area (Å²) in [7, 11) is 1.53. The average molecular weight is 321 g/mol. The third-order valence-corrected chi connectivity index (χ3v) is 3.34. The van der Waals surface area contributed by atoms with Crippen LogP contribution in [0.15, 0.2) is 30.5 Å². The highest BCUT2D eigenvalue weighted by Crippen LogP contribution is 2.38. The van der Waals surface area contributed by atoms with E-state index in [4.69, 9.17) is 25.8 Å². The lowest BCUT2D eigenvalue weighted by molar-refractivity contribution is 0.102. The highest BCUT2D eigenvalue weighted by molar-refractivity contribution is 6.32. The Labute approximate surface area is 132 Å². The molecule has 7 heteroatoms. The molecule has 1 aromatic heterocycles. The zero-order chi connectivity index (χ0) is 15.5. The molecule has 114 valence electrons. The van der Waals surface area contributed by atoms with Gasteiger partial charge in [-0.2, -0.15) is 0 Å². The van der Waals surface area contributed by atoms with Crippen molar-refractivity contribution in [2.75, 3.05) is 25.6 Å². The number of carbonyl (C=O) groups excluding carboxylic acids is 1. The number of benzene rings is 1. The number of methoxy groups -OCH3 is 1. The molecule has 1 N–H and O–H groups in total. The van der Waals surface area contributed by atoms with Crippen molar-refractivity contribution in [2.45, 2.75) is 0 Å². The minimum absolute atomic E-state index is 0.314. The third-order valence-electron chi connectivity index (χ3n) is 3.06. The number of ether oxygens (including phenoxy) is 3. The molecule has 0 saturated carbocycles. The molecular weight excluding hydrogens is 308 g/mol. The first-order valence-corrected chi connectivity index (χ1v) is 6.95. The third kappa shape index (κ3) is 2.92. The minimum Gasteiger partial charge on any atom is -0.486 e. The summed E-state index contributed by atoms with van der Waals surface area (Å²) in [5.41, 5.74) is 0.932. The summed E-state index contributed by atoms with van der Waals surface area (Å²) in [5, 5.41) is 3.07. The van der Waals surface area contributed by atoms with Gasteiger partial charge >= 0.3 is 0 Å². The van der Waals surface area contributed by atoms with Crippen LogP contribution in [0.1, 0.15) is 10.4 Å². The Bertz CT molecular complexity index is 703. The normalized spacial score (nSPS) is 12.6. The van der Waals surface area contributed by atoms with Crippen LogP contribution in [0.4, 0.5) is 5.69 Å². The number of nitrogens with zero attached hydrogens (tertiary/aromatic N) is 1. The van der Waals surface area contributed by atoms with Crippen LogP contribution in [-0.2, 0) is 0 Å². The maximum atomic E-state index is 12.3. The van der Waals surface area contributed by atoms with Gasteiger partial charge in [0.1, 0.15) is 13.2 Å². The monoisotopic (exact) mass is 320 g/mol. The van der Waals surface area contributed by atoms with E-state index < -0.39 is 0 Å². The Morgan fingerprint density at radius 1 is 1.32 bits per heavy atom. The summed E-state index contributed by atoms with van der Waals surface area (Å²) in [6, 6.07) is 6.50. The fourth-order valence-electron chi connectivity index (χ4n) is 2.02. The van der Waals surface area contributed by atoms with Crippen LogP contribution in [0.3, 0.4) is 0 Å². The molecule has 3 rings (SSSR count). The van der Waals surface area contributed by atoms with Crippen LogP contribution < -0.4 is 19.5 Å². The van der Waals surface area contributed by atoms with E-state index in [0.717, 1.165) is 0 Å². The van der Waals surface area contributed by atoms with E-state index in [1.54, 1.807) is 24.3 Å². The van der Waals surface area contributed by atoms with Gasteiger partial charge < -0.3 is 19.5 Å². The molecule has 0 bridgehead atoms. The number of nitrogens with one attached hydrogen (secondary N) is 1. The lowest BCUT2D eigenvalue weighted by Crippen LogP contribution is -2.17. The number of amides is 1. The van der Waals surface area contributed by atoms with Crippen LogP contribution in [-0.4, -0.2) is 31.2 Å². The number of rotatable bonds is 3. The van der Waals surface area contributed by atoms with Crippen LogP contribution in [0.25, 0.3) is 0 Å². The molecule has 1 aliphatic rings. The van der Waals surface area contributed by atoms with Gasteiger partial charge in [-0.05, 0) is 18.2 Å². The lowest BCUT2D eigenvalue weighted by atomic mass is 10.1. The predicted octanol–water partition coefficient (Wildman–Crippen LogP) is 2.77. The Morgan fingerprint density at radius 2 is 2.14 bits per heavy atom. The van der Waals surface area contributed by atoms with Crippen molar-refractivity contribution in [3.63, 3.8) is 0 Å². The summed E-state index contributed by atoms with van der Waals surface area (Å²) in [4.78, 5) is 16.3. The lowest BCUT2D eigenvalue weighted by Gasteiger charge is -2.20. The topological polar surface area (TPSA) is 69.7 Å². The molecule has 2 heterocycles. The van der Waals surface area contributed by atoms with E-state index in [9.17, 15) is 4.79 Å². The fourth-order valence-corrected chi connectivity index (χ4v) is 2.29. The zero-order valence-electron chi connectivity index (χ0n) is 11.8. The summed E-state index contributed by atoms with van der Waals surface area (Å²) >= 11 is 6.12. The zero-order valence-corrected chi connectivity index (χ0v) is 12.5. The molecule has 0 fully saturated rings. The largest absolute Gasteiger partial charge is 0.486 e. The van der Waals surface area contributed by atoms with Crippen LogP contribution in [0, 0.1) is 0 Å². The first-order valence-electron chi connectivity index (χ1n) is 6.58. The van der Waals surface area contributed by atoms with E-state index >= 15 is 0 Å². The van der Waals surface area contributed by atoms with Gasteiger partial charge in [0.05, 0.1) is 24.0 Å². The summed E-state index contributed by atoms with van der Waals surface area (Å²) in [5.74, 6) is 1.10. The molecule has 2 aromatic rings. The molecule has 0 unspecified atom stereocenters. The van der Waals surface area contributed by atoms with Gasteiger partial charge in [0.2, 0.25) is 5.88 Å². The minimum atomic E-state index is -0.314. The first kappa shape index (κ1) is 14.5. The summed E-state index contributed by atoms with van der Waals surface area (Å²) < 4.78 is 15.8. The number of carbonyl (C=O) groups is 1. The van der Waals surface area contributed by atoms with Crippen LogP contribution >= 0.6 is 11.6 Å². The fraction of sp³-hybridized carbons (Fsp3) is 0.200. The first-order chi connectivity index (χ1) is 10.7. The van der Waals surface area contributed by atoms with Gasteiger partial charge in [-0.15, -0.1) is 0 Å². The number of halogens is 1. The maximum absolute atomic E-state index is 12.3. The highest BCUT2D eigenvalue weighted by atomic mass is 35.5. The van der Waals surface area contributed by atoms with Crippen LogP contribution in [0.2, 0.25) is 5.02 Å². The van der Waals surface area contributed by atoms with Gasteiger partial charge in [-0.3, -0.25) is 4.79 Å². The second-order valence-corrected chi connectivity index (χ2v) is 4.93. The molecule has 0 saturated heterocycles. The maximum Gasteiger partial charge on any atom is 0.255 e. The molecule has 6 nitrogen and oxygen atoms in total. The van der Waals surface area contributed by atoms with Gasteiger partial charge in [-0.25, -0.2) is 4.98 Å². The van der Waals surface area contributed by atoms with Gasteiger partial charge in [-0.1, -0.05) is 11.6 Å². The van der Waals surface area contributed by atoms with E-state index in [1.807, 2.05) is 0 Å². The second-order valence-electron chi connectivity index (χ2n) is 4.53. The molecule has 0 spiro atoms. The van der Waals surface area contributed by atoms with Crippen molar-refractivity contribution in [3.8, 4) is 17.4 Å². The Hall–Kier alpha value is -2.47. The molecule has 1 aromatic carbocycles. The van der Waals surface area contributed by atoms with Crippen molar-refractivity contribution in [1.82, 2.24) is 4.98 Å². The van der Waals surface area contributed by atoms with E-state index in [-0.39, 0.29) is 5.91 Å². The smallest absolute Gasteiger partial charge is 0.255 e. The van der Waals surface area contributed by atoms with Crippen molar-refractivity contribution >= 4 is 23.2 Å². The standard InChI is InChI=1S/C15H13ClN2O4/c1-20-13-3-2-10(8-17-13)18-15(19)9-6-11(16)14-12(7-9)21-4-5-22-14/h2-3,6-8H,4-5H2,1H3,(H,18,19). The quantitative estimate of drug-likeness (QED) is 0.941. The SMILES string of the molecule is COc1ccc(NC(=O)c2cc(Cl)c3c(c2)OCCO3)cn1. The van der Waals surface area contributed by atoms with Crippen molar-refractivity contribution in [2.24, 2.45) is 0 Å². The number of hydrogen-bond donors (Lipinski definition) is 1. The molecular formula is C15H13ClN2O4. The molecule has 0 radical (unpaired) electrons. The number of anilines is 1. The average Bonchev–Trinajstić information content (AvgIpc) is 2.55. The number of aromatic nitrogens is 1. The number of pyridine rings is 1. The van der Waals surface area contributed by atoms with E-state index in [1.165, 1.54) is 13.3 Å². The van der Waals surface area contributed by atoms with Crippen LogP contribution in [0.5, 0.6) is 17.4 Å². The molecule has 22 heavy (non-hydrogen) atoms. The molecule has 0 atom stereocenters. The summed E-state index contributed by atoms with van der Waals surface area (Å²) in [6.45, 7) is 0.868. The van der Waals surface area contributed by atoms with E-state index in [0.29, 0.717) is 46.9 Å². The second kappa shape index (κ2) is 6.11. The Balaban J connectivity index is 1.81.